The highest BCUT2D eigenvalue weighted by molar-refractivity contribution is 9.10. The summed E-state index contributed by atoms with van der Waals surface area (Å²) in [4.78, 5) is 28.6. The molecule has 36 heavy (non-hydrogen) atoms. The second kappa shape index (κ2) is 13.2. The van der Waals surface area contributed by atoms with Gasteiger partial charge in [-0.05, 0) is 59.3 Å². The summed E-state index contributed by atoms with van der Waals surface area (Å²) in [6.07, 6.45) is 7.35. The van der Waals surface area contributed by atoms with Crippen molar-refractivity contribution in [3.63, 3.8) is 0 Å². The number of para-hydroxylation sites is 1. The summed E-state index contributed by atoms with van der Waals surface area (Å²) in [5.74, 6) is -0.574. The lowest BCUT2D eigenvalue weighted by Crippen LogP contribution is -2.54. The molecule has 9 heteroatoms. The molecule has 0 bridgehead atoms. The van der Waals surface area contributed by atoms with E-state index in [1.54, 1.807) is 29.2 Å². The molecule has 2 aromatic rings. The second-order valence-corrected chi connectivity index (χ2v) is 12.1. The van der Waals surface area contributed by atoms with E-state index in [0.717, 1.165) is 41.8 Å². The summed E-state index contributed by atoms with van der Waals surface area (Å²) in [6, 6.07) is 16.1. The minimum atomic E-state index is -3.76. The van der Waals surface area contributed by atoms with Crippen molar-refractivity contribution in [1.29, 1.82) is 0 Å². The number of benzene rings is 2. The molecular weight excluding hydrogens is 542 g/mol. The van der Waals surface area contributed by atoms with Crippen molar-refractivity contribution < 1.29 is 18.0 Å². The maximum absolute atomic E-state index is 13.7. The largest absolute Gasteiger partial charge is 0.352 e. The molecule has 2 aromatic carbocycles. The number of carbonyl (C=O) groups is 2. The van der Waals surface area contributed by atoms with Gasteiger partial charge in [0.1, 0.15) is 12.6 Å². The quantitative estimate of drug-likeness (QED) is 0.425. The van der Waals surface area contributed by atoms with Crippen LogP contribution in [0.4, 0.5) is 5.69 Å². The van der Waals surface area contributed by atoms with Gasteiger partial charge < -0.3 is 10.2 Å². The molecule has 1 N–H and O–H groups in total. The molecule has 1 aliphatic rings. The van der Waals surface area contributed by atoms with Crippen LogP contribution in [0.5, 0.6) is 0 Å². The second-order valence-electron chi connectivity index (χ2n) is 9.31. The van der Waals surface area contributed by atoms with Gasteiger partial charge in [-0.25, -0.2) is 8.42 Å². The fraction of sp³-hybridized carbons (Fsp3) is 0.481. The predicted molar refractivity (Wildman–Crippen MR) is 147 cm³/mol. The van der Waals surface area contributed by atoms with Gasteiger partial charge >= 0.3 is 0 Å². The Morgan fingerprint density at radius 2 is 1.67 bits per heavy atom. The van der Waals surface area contributed by atoms with Crippen LogP contribution < -0.4 is 9.62 Å². The van der Waals surface area contributed by atoms with Crippen LogP contribution in [0.25, 0.3) is 0 Å². The normalized spacial score (nSPS) is 15.2. The molecule has 0 heterocycles. The molecule has 0 radical (unpaired) electrons. The van der Waals surface area contributed by atoms with E-state index < -0.39 is 22.0 Å². The zero-order valence-corrected chi connectivity index (χ0v) is 23.4. The zero-order chi connectivity index (χ0) is 26.1. The summed E-state index contributed by atoms with van der Waals surface area (Å²) in [5.41, 5.74) is 1.43. The van der Waals surface area contributed by atoms with Crippen LogP contribution >= 0.6 is 15.9 Å². The number of nitrogens with zero attached hydrogens (tertiary/aromatic N) is 2. The number of rotatable bonds is 11. The van der Waals surface area contributed by atoms with Gasteiger partial charge in [-0.15, -0.1) is 0 Å². The molecule has 0 aliphatic heterocycles. The summed E-state index contributed by atoms with van der Waals surface area (Å²) in [5, 5.41) is 3.16. The van der Waals surface area contributed by atoms with Crippen molar-refractivity contribution in [3.8, 4) is 0 Å². The highest BCUT2D eigenvalue weighted by atomic mass is 79.9. The number of nitrogens with one attached hydrogen (secondary N) is 1. The Labute approximate surface area is 223 Å². The van der Waals surface area contributed by atoms with Crippen LogP contribution in [0.3, 0.4) is 0 Å². The number of anilines is 1. The molecule has 1 fully saturated rings. The molecule has 1 atom stereocenters. The monoisotopic (exact) mass is 577 g/mol. The molecule has 0 spiro atoms. The standard InChI is InChI=1S/C27H36BrN3O4S/c1-3-24(27(33)29-22-14-8-5-9-15-22)30(19-18-21-12-6-4-7-13-21)26(32)20-31(36(2,34)35)25-17-11-10-16-23(25)28/h4,6-7,10-13,16-17,22,24H,3,5,8-9,14-15,18-20H2,1-2H3,(H,29,33)/t24-/m1/s1. The Kier molecular flexibility index (Phi) is 10.4. The Balaban J connectivity index is 1.86. The first-order chi connectivity index (χ1) is 17.2. The third-order valence-corrected chi connectivity index (χ3v) is 8.42. The SMILES string of the molecule is CC[C@H](C(=O)NC1CCCCC1)N(CCc1ccccc1)C(=O)CN(c1ccccc1Br)S(C)(=O)=O. The van der Waals surface area contributed by atoms with Crippen LogP contribution in [0.1, 0.15) is 51.0 Å². The van der Waals surface area contributed by atoms with E-state index in [2.05, 4.69) is 21.2 Å². The first-order valence-corrected chi connectivity index (χ1v) is 15.2. The maximum atomic E-state index is 13.7. The highest BCUT2D eigenvalue weighted by Crippen LogP contribution is 2.28. The number of amides is 2. The van der Waals surface area contributed by atoms with Crippen LogP contribution in [0, 0.1) is 0 Å². The van der Waals surface area contributed by atoms with Gasteiger partial charge in [0.25, 0.3) is 0 Å². The van der Waals surface area contributed by atoms with Gasteiger partial charge in [0.15, 0.2) is 0 Å². The molecule has 196 valence electrons. The fourth-order valence-electron chi connectivity index (χ4n) is 4.69. The topological polar surface area (TPSA) is 86.8 Å². The lowest BCUT2D eigenvalue weighted by atomic mass is 9.95. The average molecular weight is 579 g/mol. The van der Waals surface area contributed by atoms with Gasteiger partial charge in [-0.2, -0.15) is 0 Å². The summed E-state index contributed by atoms with van der Waals surface area (Å²) < 4.78 is 27.1. The van der Waals surface area contributed by atoms with E-state index in [9.17, 15) is 18.0 Å². The third kappa shape index (κ3) is 7.80. The first kappa shape index (κ1) is 28.2. The first-order valence-electron chi connectivity index (χ1n) is 12.6. The van der Waals surface area contributed by atoms with Gasteiger partial charge in [-0.1, -0.05) is 68.7 Å². The van der Waals surface area contributed by atoms with Crippen molar-refractivity contribution in [2.45, 2.75) is 64.0 Å². The molecule has 1 saturated carbocycles. The Morgan fingerprint density at radius 3 is 2.28 bits per heavy atom. The van der Waals surface area contributed by atoms with E-state index in [0.29, 0.717) is 29.5 Å². The lowest BCUT2D eigenvalue weighted by Gasteiger charge is -2.34. The lowest BCUT2D eigenvalue weighted by molar-refractivity contribution is -0.140. The molecule has 3 rings (SSSR count). The Hall–Kier alpha value is -2.39. The number of carbonyl (C=O) groups excluding carboxylic acids is 2. The van der Waals surface area contributed by atoms with Crippen LogP contribution in [0.2, 0.25) is 0 Å². The minimum absolute atomic E-state index is 0.124. The number of halogens is 1. The van der Waals surface area contributed by atoms with E-state index in [-0.39, 0.29) is 18.5 Å². The Bertz CT molecular complexity index is 1120. The average Bonchev–Trinajstić information content (AvgIpc) is 2.86. The molecule has 2 amide bonds. The molecule has 0 unspecified atom stereocenters. The van der Waals surface area contributed by atoms with Crippen molar-refractivity contribution in [2.75, 3.05) is 23.7 Å². The van der Waals surface area contributed by atoms with Crippen LogP contribution in [-0.2, 0) is 26.0 Å². The summed E-state index contributed by atoms with van der Waals surface area (Å²) in [7, 11) is -3.76. The van der Waals surface area contributed by atoms with E-state index in [1.165, 1.54) is 6.42 Å². The minimum Gasteiger partial charge on any atom is -0.352 e. The molecule has 7 nitrogen and oxygen atoms in total. The Morgan fingerprint density at radius 1 is 1.03 bits per heavy atom. The van der Waals surface area contributed by atoms with Crippen molar-refractivity contribution in [3.05, 3.63) is 64.6 Å². The molecular formula is C27H36BrN3O4S. The van der Waals surface area contributed by atoms with Crippen molar-refractivity contribution >= 4 is 43.5 Å². The maximum Gasteiger partial charge on any atom is 0.244 e. The van der Waals surface area contributed by atoms with E-state index in [1.807, 2.05) is 37.3 Å². The summed E-state index contributed by atoms with van der Waals surface area (Å²) >= 11 is 3.40. The van der Waals surface area contributed by atoms with Gasteiger partial charge in [0.2, 0.25) is 21.8 Å². The highest BCUT2D eigenvalue weighted by Gasteiger charge is 2.32. The molecule has 1 aliphatic carbocycles. The van der Waals surface area contributed by atoms with Crippen LogP contribution in [0.15, 0.2) is 59.1 Å². The fourth-order valence-corrected chi connectivity index (χ4v) is 6.17. The third-order valence-electron chi connectivity index (χ3n) is 6.62. The van der Waals surface area contributed by atoms with Gasteiger partial charge in [-0.3, -0.25) is 13.9 Å². The zero-order valence-electron chi connectivity index (χ0n) is 21.0. The summed E-state index contributed by atoms with van der Waals surface area (Å²) in [6.45, 7) is 1.81. The molecule has 0 saturated heterocycles. The predicted octanol–water partition coefficient (Wildman–Crippen LogP) is 4.51. The van der Waals surface area contributed by atoms with E-state index in [4.69, 9.17) is 0 Å². The van der Waals surface area contributed by atoms with Gasteiger partial charge in [0.05, 0.1) is 11.9 Å². The number of sulfonamides is 1. The smallest absolute Gasteiger partial charge is 0.244 e. The number of hydrogen-bond donors (Lipinski definition) is 1. The van der Waals surface area contributed by atoms with Crippen molar-refractivity contribution in [1.82, 2.24) is 10.2 Å². The van der Waals surface area contributed by atoms with E-state index >= 15 is 0 Å². The number of hydrogen-bond acceptors (Lipinski definition) is 4. The van der Waals surface area contributed by atoms with Crippen molar-refractivity contribution in [2.24, 2.45) is 0 Å². The van der Waals surface area contributed by atoms with Gasteiger partial charge in [0, 0.05) is 17.1 Å². The van der Waals surface area contributed by atoms with Crippen LogP contribution in [-0.4, -0.2) is 56.6 Å². The molecule has 0 aromatic heterocycles.